The molecule has 0 nitrogen and oxygen atoms in total. The molecule has 0 saturated heterocycles. The van der Waals surface area contributed by atoms with Crippen LogP contribution < -0.4 is 13.2 Å². The van der Waals surface area contributed by atoms with Gasteiger partial charge < -0.3 is 0 Å². The monoisotopic (exact) mass is 443 g/mol. The van der Waals surface area contributed by atoms with Crippen LogP contribution in [-0.4, -0.2) is 14.3 Å². The summed E-state index contributed by atoms with van der Waals surface area (Å²) in [5.41, 5.74) is 0. The van der Waals surface area contributed by atoms with E-state index in [1.807, 2.05) is 36.4 Å². The topological polar surface area (TPSA) is 0 Å². The predicted octanol–water partition coefficient (Wildman–Crippen LogP) is 4.58. The fourth-order valence-electron chi connectivity index (χ4n) is 2.35. The zero-order valence-electron chi connectivity index (χ0n) is 12.0. The van der Waals surface area contributed by atoms with Crippen LogP contribution in [0, 0.1) is 0 Å². The van der Waals surface area contributed by atoms with Crippen molar-refractivity contribution in [3.63, 3.8) is 0 Å². The van der Waals surface area contributed by atoms with Gasteiger partial charge in [-0.05, 0) is 0 Å². The van der Waals surface area contributed by atoms with Crippen LogP contribution in [0.2, 0.25) is 15.1 Å². The van der Waals surface area contributed by atoms with Crippen LogP contribution in [0.1, 0.15) is 0 Å². The Hall–Kier alpha value is -0.637. The average molecular weight is 444 g/mol. The Morgan fingerprint density at radius 3 is 0.870 bits per heavy atom. The maximum absolute atomic E-state index is 6.03. The fourth-order valence-corrected chi connectivity index (χ4v) is 7.97. The van der Waals surface area contributed by atoms with Gasteiger partial charge in [0.15, 0.2) is 0 Å². The first kappa shape index (κ1) is 18.7. The molecule has 3 aromatic rings. The van der Waals surface area contributed by atoms with Crippen LogP contribution in [0.4, 0.5) is 0 Å². The third kappa shape index (κ3) is 4.68. The standard InChI is InChI=1S/C18H12Cl3Ge.ClH/c19-13-1-7-16(8-2-13)22(17-9-3-14(20)4-10-17)18-11-5-15(21)6-12-18;/h1-12H;1H. The number of halogens is 4. The van der Waals surface area contributed by atoms with Crippen LogP contribution in [-0.2, 0) is 0 Å². The van der Waals surface area contributed by atoms with Crippen LogP contribution >= 0.6 is 47.2 Å². The summed E-state index contributed by atoms with van der Waals surface area (Å²) in [6.45, 7) is 0. The molecule has 117 valence electrons. The van der Waals surface area contributed by atoms with Gasteiger partial charge in [0.25, 0.3) is 0 Å². The van der Waals surface area contributed by atoms with E-state index in [0.29, 0.717) is 0 Å². The van der Waals surface area contributed by atoms with Crippen molar-refractivity contribution in [3.05, 3.63) is 87.9 Å². The summed E-state index contributed by atoms with van der Waals surface area (Å²) < 4.78 is 4.03. The zero-order valence-corrected chi connectivity index (χ0v) is 17.2. The zero-order chi connectivity index (χ0) is 15.5. The van der Waals surface area contributed by atoms with Gasteiger partial charge in [-0.3, -0.25) is 0 Å². The first-order valence-corrected chi connectivity index (χ1v) is 11.1. The van der Waals surface area contributed by atoms with Gasteiger partial charge in [0, 0.05) is 0 Å². The van der Waals surface area contributed by atoms with Crippen LogP contribution in [0.25, 0.3) is 0 Å². The molecule has 1 radical (unpaired) electrons. The molecule has 0 amide bonds. The predicted molar refractivity (Wildman–Crippen MR) is 106 cm³/mol. The molecular weight excluding hydrogens is 431 g/mol. The van der Waals surface area contributed by atoms with Gasteiger partial charge >= 0.3 is 150 Å². The van der Waals surface area contributed by atoms with Gasteiger partial charge in [-0.1, -0.05) is 0 Å². The van der Waals surface area contributed by atoms with Crippen LogP contribution in [0.15, 0.2) is 72.8 Å². The van der Waals surface area contributed by atoms with E-state index in [2.05, 4.69) is 36.4 Å². The van der Waals surface area contributed by atoms with Crippen molar-refractivity contribution in [2.75, 3.05) is 0 Å². The summed E-state index contributed by atoms with van der Waals surface area (Å²) in [7, 11) is 0. The van der Waals surface area contributed by atoms with Crippen LogP contribution in [0.5, 0.6) is 0 Å². The molecule has 0 spiro atoms. The van der Waals surface area contributed by atoms with Crippen molar-refractivity contribution in [2.45, 2.75) is 0 Å². The number of rotatable bonds is 3. The Morgan fingerprint density at radius 2 is 0.652 bits per heavy atom. The van der Waals surface area contributed by atoms with Crippen LogP contribution in [0.3, 0.4) is 0 Å². The van der Waals surface area contributed by atoms with Crippen molar-refractivity contribution >= 4 is 74.7 Å². The fraction of sp³-hybridized carbons (Fsp3) is 0. The SMILES string of the molecule is Cl.Clc1cc[c]([Ge]([c]2ccc(Cl)cc2)[c]2ccc(Cl)cc2)cc1. The first-order valence-electron chi connectivity index (χ1n) is 6.78. The van der Waals surface area contributed by atoms with Gasteiger partial charge in [0.1, 0.15) is 0 Å². The Bertz CT molecular complexity index is 644. The molecule has 0 bridgehead atoms. The molecule has 0 fully saturated rings. The molecule has 0 aliphatic carbocycles. The summed E-state index contributed by atoms with van der Waals surface area (Å²) >= 11 is 16.2. The maximum atomic E-state index is 6.03. The van der Waals surface area contributed by atoms with Gasteiger partial charge in [-0.2, -0.15) is 0 Å². The minimum absolute atomic E-state index is 0. The molecule has 23 heavy (non-hydrogen) atoms. The Labute approximate surface area is 161 Å². The molecule has 3 aromatic carbocycles. The molecule has 0 N–H and O–H groups in total. The number of benzene rings is 3. The quantitative estimate of drug-likeness (QED) is 0.520. The van der Waals surface area contributed by atoms with Gasteiger partial charge in [-0.25, -0.2) is 0 Å². The van der Waals surface area contributed by atoms with Gasteiger partial charge in [-0.15, -0.1) is 12.4 Å². The third-order valence-electron chi connectivity index (χ3n) is 3.40. The van der Waals surface area contributed by atoms with Crippen molar-refractivity contribution in [1.29, 1.82) is 0 Å². The second-order valence-electron chi connectivity index (χ2n) is 4.90. The molecule has 5 heteroatoms. The minimum atomic E-state index is -1.88. The van der Waals surface area contributed by atoms with E-state index in [1.165, 1.54) is 13.2 Å². The van der Waals surface area contributed by atoms with E-state index >= 15 is 0 Å². The Balaban J connectivity index is 0.00000192. The Morgan fingerprint density at radius 1 is 0.435 bits per heavy atom. The van der Waals surface area contributed by atoms with E-state index in [-0.39, 0.29) is 12.4 Å². The number of hydrogen-bond donors (Lipinski definition) is 0. The summed E-state index contributed by atoms with van der Waals surface area (Å²) in [5, 5.41) is 2.27. The molecule has 0 aliphatic rings. The molecule has 0 saturated carbocycles. The third-order valence-corrected chi connectivity index (χ3v) is 9.89. The van der Waals surface area contributed by atoms with E-state index in [9.17, 15) is 0 Å². The summed E-state index contributed by atoms with van der Waals surface area (Å²) in [6, 6.07) is 24.5. The second kappa shape index (κ2) is 8.46. The van der Waals surface area contributed by atoms with Crippen molar-refractivity contribution in [1.82, 2.24) is 0 Å². The second-order valence-corrected chi connectivity index (χ2v) is 11.4. The van der Waals surface area contributed by atoms with E-state index in [0.717, 1.165) is 15.1 Å². The Kier molecular flexibility index (Phi) is 6.88. The molecule has 0 unspecified atom stereocenters. The van der Waals surface area contributed by atoms with Gasteiger partial charge in [0.05, 0.1) is 0 Å². The van der Waals surface area contributed by atoms with Gasteiger partial charge in [0.2, 0.25) is 0 Å². The number of hydrogen-bond acceptors (Lipinski definition) is 0. The van der Waals surface area contributed by atoms with E-state index < -0.39 is 14.3 Å². The van der Waals surface area contributed by atoms with Crippen molar-refractivity contribution in [3.8, 4) is 0 Å². The van der Waals surface area contributed by atoms with E-state index in [4.69, 9.17) is 34.8 Å². The molecule has 0 heterocycles. The molecule has 0 aliphatic heterocycles. The molecular formula is C18H13Cl4Ge. The summed E-state index contributed by atoms with van der Waals surface area (Å²) in [6.07, 6.45) is 0. The first-order chi connectivity index (χ1) is 10.6. The normalized spacial score (nSPS) is 10.4. The van der Waals surface area contributed by atoms with E-state index in [1.54, 1.807) is 0 Å². The summed E-state index contributed by atoms with van der Waals surface area (Å²) in [5.74, 6) is 0. The molecule has 0 atom stereocenters. The molecule has 3 rings (SSSR count). The summed E-state index contributed by atoms with van der Waals surface area (Å²) in [4.78, 5) is 0. The molecule has 0 aromatic heterocycles. The average Bonchev–Trinajstić information content (AvgIpc) is 2.53. The van der Waals surface area contributed by atoms with Crippen molar-refractivity contribution < 1.29 is 0 Å². The van der Waals surface area contributed by atoms with Crippen molar-refractivity contribution in [2.24, 2.45) is 0 Å².